The van der Waals surface area contributed by atoms with Gasteiger partial charge in [-0.15, -0.1) is 0 Å². The van der Waals surface area contributed by atoms with E-state index in [-0.39, 0.29) is 30.7 Å². The van der Waals surface area contributed by atoms with Crippen LogP contribution in [0.1, 0.15) is 70.6 Å². The van der Waals surface area contributed by atoms with Crippen molar-refractivity contribution < 1.29 is 23.8 Å². The highest BCUT2D eigenvalue weighted by atomic mass is 16.6. The first kappa shape index (κ1) is 28.6. The molecule has 0 bridgehead atoms. The molecule has 6 nitrogen and oxygen atoms in total. The Kier molecular flexibility index (Phi) is 8.65. The van der Waals surface area contributed by atoms with Crippen LogP contribution >= 0.6 is 0 Å². The van der Waals surface area contributed by atoms with Crippen LogP contribution in [0, 0.1) is 5.41 Å². The second-order valence-electron chi connectivity index (χ2n) is 12.4. The molecule has 2 atom stereocenters. The van der Waals surface area contributed by atoms with Gasteiger partial charge in [0.25, 0.3) is 0 Å². The highest BCUT2D eigenvalue weighted by Crippen LogP contribution is 2.32. The molecule has 2 unspecified atom stereocenters. The number of ether oxygens (including phenoxy) is 3. The molecule has 0 aromatic heterocycles. The van der Waals surface area contributed by atoms with E-state index in [0.717, 1.165) is 23.1 Å². The van der Waals surface area contributed by atoms with E-state index in [0.29, 0.717) is 19.7 Å². The number of hydrogen-bond donors (Lipinski definition) is 0. The first-order valence-electron chi connectivity index (χ1n) is 13.7. The number of esters is 1. The van der Waals surface area contributed by atoms with Crippen LogP contribution in [0.2, 0.25) is 0 Å². The van der Waals surface area contributed by atoms with Crippen molar-refractivity contribution in [1.29, 1.82) is 0 Å². The van der Waals surface area contributed by atoms with E-state index in [9.17, 15) is 9.59 Å². The maximum Gasteiger partial charge on any atom is 0.410 e. The zero-order valence-corrected chi connectivity index (χ0v) is 24.0. The number of amides is 1. The summed E-state index contributed by atoms with van der Waals surface area (Å²) in [4.78, 5) is 26.8. The number of piperidine rings is 1. The van der Waals surface area contributed by atoms with Crippen molar-refractivity contribution in [3.05, 3.63) is 83.4 Å². The molecular weight excluding hydrogens is 490 g/mol. The Morgan fingerprint density at radius 2 is 1.51 bits per heavy atom. The number of rotatable bonds is 6. The fraction of sp³-hybridized carbons (Fsp3) is 0.455. The Labute approximate surface area is 232 Å². The highest BCUT2D eigenvalue weighted by Gasteiger charge is 2.35. The molecule has 6 heteroatoms. The predicted octanol–water partition coefficient (Wildman–Crippen LogP) is 7.24. The second-order valence-corrected chi connectivity index (χ2v) is 12.4. The number of hydrogen-bond acceptors (Lipinski definition) is 5. The average molecular weight is 532 g/mol. The van der Waals surface area contributed by atoms with E-state index in [1.807, 2.05) is 65.8 Å². The van der Waals surface area contributed by atoms with Gasteiger partial charge in [0.15, 0.2) is 0 Å². The Morgan fingerprint density at radius 3 is 2.18 bits per heavy atom. The van der Waals surface area contributed by atoms with Crippen molar-refractivity contribution in [2.24, 2.45) is 5.41 Å². The first-order valence-corrected chi connectivity index (χ1v) is 13.7. The maximum absolute atomic E-state index is 12.9. The summed E-state index contributed by atoms with van der Waals surface area (Å²) in [5.74, 6) is -0.0986. The van der Waals surface area contributed by atoms with Crippen LogP contribution in [0.25, 0.3) is 10.8 Å². The highest BCUT2D eigenvalue weighted by molar-refractivity contribution is 5.83. The molecule has 4 rings (SSSR count). The zero-order valence-electron chi connectivity index (χ0n) is 24.0. The first-order chi connectivity index (χ1) is 18.4. The van der Waals surface area contributed by atoms with Crippen LogP contribution in [0.5, 0.6) is 0 Å². The number of benzene rings is 3. The van der Waals surface area contributed by atoms with Crippen LogP contribution in [-0.4, -0.2) is 41.8 Å². The Bertz CT molecular complexity index is 1290. The van der Waals surface area contributed by atoms with Crippen LogP contribution < -0.4 is 0 Å². The Balaban J connectivity index is 1.48. The lowest BCUT2D eigenvalue weighted by Gasteiger charge is -2.39. The molecule has 1 amide bonds. The van der Waals surface area contributed by atoms with E-state index in [2.05, 4.69) is 42.5 Å². The average Bonchev–Trinajstić information content (AvgIpc) is 2.89. The second kappa shape index (κ2) is 11.8. The topological polar surface area (TPSA) is 65.1 Å². The van der Waals surface area contributed by atoms with Gasteiger partial charge in [-0.05, 0) is 81.5 Å². The lowest BCUT2D eigenvalue weighted by atomic mass is 9.86. The Morgan fingerprint density at radius 1 is 0.846 bits per heavy atom. The number of carbonyl (C=O) groups is 2. The summed E-state index contributed by atoms with van der Waals surface area (Å²) in [7, 11) is 0. The monoisotopic (exact) mass is 531 g/mol. The summed E-state index contributed by atoms with van der Waals surface area (Å²) in [6.07, 6.45) is 0.263. The summed E-state index contributed by atoms with van der Waals surface area (Å²) in [5.41, 5.74) is 2.10. The van der Waals surface area contributed by atoms with E-state index in [4.69, 9.17) is 14.2 Å². The largest absolute Gasteiger partial charge is 0.460 e. The SMILES string of the molecule is CC(C)(C)OC(=O)N1CCC(c2ccc(COC(=O)C(C)(C)C)cc2)C(OCc2ccc3ccccc3c2)C1. The molecule has 1 heterocycles. The van der Waals surface area contributed by atoms with Crippen molar-refractivity contribution in [3.8, 4) is 0 Å². The van der Waals surface area contributed by atoms with Gasteiger partial charge in [0.05, 0.1) is 24.7 Å². The fourth-order valence-electron chi connectivity index (χ4n) is 4.72. The lowest BCUT2D eigenvalue weighted by molar-refractivity contribution is -0.154. The minimum atomic E-state index is -0.554. The molecule has 208 valence electrons. The fourth-order valence-corrected chi connectivity index (χ4v) is 4.72. The molecule has 3 aromatic rings. The quantitative estimate of drug-likeness (QED) is 0.314. The standard InChI is InChI=1S/C33H41NO5/c1-32(2,3)30(35)38-21-23-11-15-26(16-12-23)28-17-18-34(31(36)39-33(4,5)6)20-29(28)37-22-24-13-14-25-9-7-8-10-27(25)19-24/h7-16,19,28-29H,17-18,20-22H2,1-6H3. The van der Waals surface area contributed by atoms with Crippen molar-refractivity contribution in [2.75, 3.05) is 13.1 Å². The van der Waals surface area contributed by atoms with Crippen LogP contribution in [-0.2, 0) is 32.2 Å². The predicted molar refractivity (Wildman–Crippen MR) is 153 cm³/mol. The van der Waals surface area contributed by atoms with Crippen LogP contribution in [0.4, 0.5) is 4.79 Å². The van der Waals surface area contributed by atoms with Gasteiger partial charge >= 0.3 is 12.1 Å². The van der Waals surface area contributed by atoms with Gasteiger partial charge in [-0.25, -0.2) is 4.79 Å². The number of nitrogens with zero attached hydrogens (tertiary/aromatic N) is 1. The summed E-state index contributed by atoms with van der Waals surface area (Å²) in [5, 5.41) is 2.37. The third-order valence-corrected chi connectivity index (χ3v) is 6.88. The molecule has 39 heavy (non-hydrogen) atoms. The van der Waals surface area contributed by atoms with E-state index >= 15 is 0 Å². The van der Waals surface area contributed by atoms with Crippen LogP contribution in [0.15, 0.2) is 66.7 Å². The summed E-state index contributed by atoms with van der Waals surface area (Å²) >= 11 is 0. The molecule has 1 fully saturated rings. The molecule has 1 saturated heterocycles. The molecule has 0 saturated carbocycles. The number of likely N-dealkylation sites (tertiary alicyclic amines) is 1. The Hall–Kier alpha value is -3.38. The van der Waals surface area contributed by atoms with Gasteiger partial charge in [-0.3, -0.25) is 4.79 Å². The van der Waals surface area contributed by atoms with Gasteiger partial charge in [0, 0.05) is 12.5 Å². The minimum Gasteiger partial charge on any atom is -0.460 e. The van der Waals surface area contributed by atoms with E-state index in [1.165, 1.54) is 10.8 Å². The van der Waals surface area contributed by atoms with Crippen LogP contribution in [0.3, 0.4) is 0 Å². The third kappa shape index (κ3) is 7.82. The molecule has 0 spiro atoms. The molecule has 0 aliphatic carbocycles. The lowest BCUT2D eigenvalue weighted by Crippen LogP contribution is -2.48. The van der Waals surface area contributed by atoms with E-state index in [1.54, 1.807) is 4.90 Å². The molecule has 0 radical (unpaired) electrons. The van der Waals surface area contributed by atoms with Crippen molar-refractivity contribution in [1.82, 2.24) is 4.90 Å². The summed E-state index contributed by atoms with van der Waals surface area (Å²) in [6, 6.07) is 22.8. The van der Waals surface area contributed by atoms with Crippen molar-refractivity contribution in [3.63, 3.8) is 0 Å². The molecule has 0 N–H and O–H groups in total. The molecule has 1 aliphatic rings. The summed E-state index contributed by atoms with van der Waals surface area (Å²) < 4.78 is 17.7. The van der Waals surface area contributed by atoms with Crippen molar-refractivity contribution in [2.45, 2.75) is 78.8 Å². The van der Waals surface area contributed by atoms with Gasteiger partial charge < -0.3 is 19.1 Å². The number of carbonyl (C=O) groups excluding carboxylic acids is 2. The van der Waals surface area contributed by atoms with Gasteiger partial charge in [-0.1, -0.05) is 60.7 Å². The van der Waals surface area contributed by atoms with Crippen molar-refractivity contribution >= 4 is 22.8 Å². The van der Waals surface area contributed by atoms with Gasteiger partial charge in [0.2, 0.25) is 0 Å². The maximum atomic E-state index is 12.9. The molecule has 3 aromatic carbocycles. The normalized spacial score (nSPS) is 18.2. The third-order valence-electron chi connectivity index (χ3n) is 6.88. The van der Waals surface area contributed by atoms with Gasteiger partial charge in [-0.2, -0.15) is 0 Å². The number of fused-ring (bicyclic) bond motifs is 1. The summed E-state index contributed by atoms with van der Waals surface area (Å²) in [6.45, 7) is 12.9. The smallest absolute Gasteiger partial charge is 0.410 e. The molecule has 1 aliphatic heterocycles. The van der Waals surface area contributed by atoms with E-state index < -0.39 is 11.0 Å². The van der Waals surface area contributed by atoms with Gasteiger partial charge in [0.1, 0.15) is 12.2 Å². The molecular formula is C33H41NO5. The zero-order chi connectivity index (χ0) is 28.2. The minimum absolute atomic E-state index is 0.121.